The summed E-state index contributed by atoms with van der Waals surface area (Å²) in [6.45, 7) is 1.91. The second-order valence-electron chi connectivity index (χ2n) is 4.65. The number of rotatable bonds is 5. The number of hydrogen-bond donors (Lipinski definition) is 2. The van der Waals surface area contributed by atoms with Gasteiger partial charge in [0.2, 0.25) is 5.91 Å². The molecule has 0 radical (unpaired) electrons. The average Bonchev–Trinajstić information content (AvgIpc) is 2.45. The normalized spacial score (nSPS) is 10.4. The summed E-state index contributed by atoms with van der Waals surface area (Å²) in [6, 6.07) is 11.9. The number of anilines is 2. The maximum atomic E-state index is 13.4. The van der Waals surface area contributed by atoms with Crippen molar-refractivity contribution in [3.63, 3.8) is 0 Å². The minimum Gasteiger partial charge on any atom is -0.399 e. The Morgan fingerprint density at radius 1 is 1.29 bits per heavy atom. The predicted molar refractivity (Wildman–Crippen MR) is 86.0 cm³/mol. The fourth-order valence-electron chi connectivity index (χ4n) is 1.80. The van der Waals surface area contributed by atoms with Gasteiger partial charge in [-0.2, -0.15) is 0 Å². The molecule has 0 heterocycles. The maximum Gasteiger partial charge on any atom is 0.225 e. The molecule has 0 saturated heterocycles. The molecule has 0 aliphatic carbocycles. The summed E-state index contributed by atoms with van der Waals surface area (Å²) in [5.41, 5.74) is 7.98. The van der Waals surface area contributed by atoms with Gasteiger partial charge < -0.3 is 11.1 Å². The minimum absolute atomic E-state index is 0.104. The molecular weight excluding hydrogens is 287 g/mol. The summed E-state index contributed by atoms with van der Waals surface area (Å²) in [5, 5.41) is 2.83. The highest BCUT2D eigenvalue weighted by Crippen LogP contribution is 2.22. The van der Waals surface area contributed by atoms with E-state index in [0.29, 0.717) is 22.8 Å². The lowest BCUT2D eigenvalue weighted by atomic mass is 10.2. The highest BCUT2D eigenvalue weighted by atomic mass is 32.2. The van der Waals surface area contributed by atoms with Gasteiger partial charge in [0.05, 0.1) is 0 Å². The van der Waals surface area contributed by atoms with Crippen LogP contribution in [-0.2, 0) is 4.79 Å². The Bertz CT molecular complexity index is 646. The standard InChI is InChI=1S/C16H17FN2OS/c1-11-6-7-12(18)10-14(11)19-16(20)8-9-21-15-5-3-2-4-13(15)17/h2-7,10H,8-9,18H2,1H3,(H,19,20). The van der Waals surface area contributed by atoms with E-state index in [0.717, 1.165) is 11.3 Å². The number of amides is 1. The van der Waals surface area contributed by atoms with E-state index in [-0.39, 0.29) is 11.7 Å². The van der Waals surface area contributed by atoms with E-state index >= 15 is 0 Å². The van der Waals surface area contributed by atoms with Crippen LogP contribution in [0.5, 0.6) is 0 Å². The Morgan fingerprint density at radius 2 is 2.05 bits per heavy atom. The van der Waals surface area contributed by atoms with E-state index < -0.39 is 0 Å². The maximum absolute atomic E-state index is 13.4. The lowest BCUT2D eigenvalue weighted by Gasteiger charge is -2.09. The lowest BCUT2D eigenvalue weighted by Crippen LogP contribution is -2.13. The van der Waals surface area contributed by atoms with E-state index in [1.165, 1.54) is 17.8 Å². The zero-order valence-electron chi connectivity index (χ0n) is 11.7. The Hall–Kier alpha value is -2.01. The van der Waals surface area contributed by atoms with Gasteiger partial charge in [0.25, 0.3) is 0 Å². The smallest absolute Gasteiger partial charge is 0.225 e. The van der Waals surface area contributed by atoms with Crippen LogP contribution in [0.4, 0.5) is 15.8 Å². The molecule has 1 amide bonds. The molecule has 0 bridgehead atoms. The predicted octanol–water partition coefficient (Wildman–Crippen LogP) is 3.84. The number of hydrogen-bond acceptors (Lipinski definition) is 3. The van der Waals surface area contributed by atoms with Crippen LogP contribution >= 0.6 is 11.8 Å². The van der Waals surface area contributed by atoms with Gasteiger partial charge in [0, 0.05) is 28.4 Å². The Labute approximate surface area is 127 Å². The minimum atomic E-state index is -0.255. The molecule has 2 aromatic rings. The zero-order chi connectivity index (χ0) is 15.2. The summed E-state index contributed by atoms with van der Waals surface area (Å²) in [4.78, 5) is 12.5. The Kier molecular flexibility index (Phi) is 5.22. The summed E-state index contributed by atoms with van der Waals surface area (Å²) >= 11 is 1.33. The van der Waals surface area contributed by atoms with Gasteiger partial charge in [0.15, 0.2) is 0 Å². The largest absolute Gasteiger partial charge is 0.399 e. The molecule has 2 aromatic carbocycles. The van der Waals surface area contributed by atoms with Crippen LogP contribution in [0.3, 0.4) is 0 Å². The third-order valence-electron chi connectivity index (χ3n) is 2.96. The van der Waals surface area contributed by atoms with Gasteiger partial charge in [-0.15, -0.1) is 11.8 Å². The van der Waals surface area contributed by atoms with Crippen LogP contribution in [0.2, 0.25) is 0 Å². The van der Waals surface area contributed by atoms with Gasteiger partial charge in [-0.3, -0.25) is 4.79 Å². The quantitative estimate of drug-likeness (QED) is 0.652. The summed E-state index contributed by atoms with van der Waals surface area (Å²) in [6.07, 6.45) is 0.313. The van der Waals surface area contributed by atoms with Crippen molar-refractivity contribution in [3.05, 3.63) is 53.8 Å². The molecule has 0 fully saturated rings. The monoisotopic (exact) mass is 304 g/mol. The van der Waals surface area contributed by atoms with Crippen molar-refractivity contribution in [1.29, 1.82) is 0 Å². The molecule has 21 heavy (non-hydrogen) atoms. The topological polar surface area (TPSA) is 55.1 Å². The molecule has 2 rings (SSSR count). The molecule has 0 spiro atoms. The van der Waals surface area contributed by atoms with E-state index in [2.05, 4.69) is 5.32 Å². The highest BCUT2D eigenvalue weighted by Gasteiger charge is 2.07. The van der Waals surface area contributed by atoms with Crippen LogP contribution in [0.1, 0.15) is 12.0 Å². The van der Waals surface area contributed by atoms with Crippen LogP contribution in [0.25, 0.3) is 0 Å². The summed E-state index contributed by atoms with van der Waals surface area (Å²) in [5.74, 6) is 0.163. The average molecular weight is 304 g/mol. The van der Waals surface area contributed by atoms with Crippen molar-refractivity contribution < 1.29 is 9.18 Å². The number of halogens is 1. The molecule has 5 heteroatoms. The number of carbonyl (C=O) groups excluding carboxylic acids is 1. The summed E-state index contributed by atoms with van der Waals surface area (Å²) in [7, 11) is 0. The molecule has 0 aliphatic rings. The third-order valence-corrected chi connectivity index (χ3v) is 4.01. The van der Waals surface area contributed by atoms with Crippen molar-refractivity contribution in [2.75, 3.05) is 16.8 Å². The highest BCUT2D eigenvalue weighted by molar-refractivity contribution is 7.99. The molecule has 0 unspecified atom stereocenters. The number of benzene rings is 2. The van der Waals surface area contributed by atoms with Gasteiger partial charge in [-0.05, 0) is 36.8 Å². The van der Waals surface area contributed by atoms with E-state index in [4.69, 9.17) is 5.73 Å². The van der Waals surface area contributed by atoms with Gasteiger partial charge >= 0.3 is 0 Å². The number of nitrogens with two attached hydrogens (primary N) is 1. The molecular formula is C16H17FN2OS. The van der Waals surface area contributed by atoms with Crippen LogP contribution < -0.4 is 11.1 Å². The van der Waals surface area contributed by atoms with Crippen molar-refractivity contribution in [2.24, 2.45) is 0 Å². The lowest BCUT2D eigenvalue weighted by molar-refractivity contribution is -0.115. The Balaban J connectivity index is 1.85. The Morgan fingerprint density at radius 3 is 2.81 bits per heavy atom. The van der Waals surface area contributed by atoms with Crippen LogP contribution in [0, 0.1) is 12.7 Å². The summed E-state index contributed by atoms with van der Waals surface area (Å²) < 4.78 is 13.4. The van der Waals surface area contributed by atoms with Gasteiger partial charge in [0.1, 0.15) is 5.82 Å². The van der Waals surface area contributed by atoms with Crippen molar-refractivity contribution in [2.45, 2.75) is 18.2 Å². The van der Waals surface area contributed by atoms with E-state index in [9.17, 15) is 9.18 Å². The first-order chi connectivity index (χ1) is 10.1. The fraction of sp³-hybridized carbons (Fsp3) is 0.188. The van der Waals surface area contributed by atoms with Crippen molar-refractivity contribution in [3.8, 4) is 0 Å². The van der Waals surface area contributed by atoms with E-state index in [1.807, 2.05) is 13.0 Å². The van der Waals surface area contributed by atoms with Crippen molar-refractivity contribution >= 4 is 29.0 Å². The molecule has 0 atom stereocenters. The molecule has 3 nitrogen and oxygen atoms in total. The first-order valence-corrected chi connectivity index (χ1v) is 7.58. The number of nitrogen functional groups attached to an aromatic ring is 1. The van der Waals surface area contributed by atoms with Crippen LogP contribution in [0.15, 0.2) is 47.4 Å². The number of thioether (sulfide) groups is 1. The second-order valence-corrected chi connectivity index (χ2v) is 5.79. The molecule has 3 N–H and O–H groups in total. The molecule has 0 saturated carbocycles. The second kappa shape index (κ2) is 7.13. The fourth-order valence-corrected chi connectivity index (χ4v) is 2.69. The van der Waals surface area contributed by atoms with Gasteiger partial charge in [-0.1, -0.05) is 18.2 Å². The first-order valence-electron chi connectivity index (χ1n) is 6.59. The van der Waals surface area contributed by atoms with E-state index in [1.54, 1.807) is 30.3 Å². The third kappa shape index (κ3) is 4.49. The number of nitrogens with one attached hydrogen (secondary N) is 1. The number of carbonyl (C=O) groups is 1. The first kappa shape index (κ1) is 15.4. The molecule has 0 aromatic heterocycles. The zero-order valence-corrected chi connectivity index (χ0v) is 12.5. The van der Waals surface area contributed by atoms with Crippen molar-refractivity contribution in [1.82, 2.24) is 0 Å². The number of aryl methyl sites for hydroxylation is 1. The molecule has 110 valence electrons. The SMILES string of the molecule is Cc1ccc(N)cc1NC(=O)CCSc1ccccc1F. The molecule has 0 aliphatic heterocycles. The van der Waals surface area contributed by atoms with Gasteiger partial charge in [-0.25, -0.2) is 4.39 Å². The van der Waals surface area contributed by atoms with Crippen LogP contribution in [-0.4, -0.2) is 11.7 Å².